The maximum atomic E-state index is 5.30. The Morgan fingerprint density at radius 1 is 0.263 bits per heavy atom. The van der Waals surface area contributed by atoms with Gasteiger partial charge in [0.15, 0.2) is 0 Å². The molecule has 57 heavy (non-hydrogen) atoms. The SMILES string of the molecule is CCCCCCCCCCCCN(CCCCCCCCCCCC)C(=S)[S-].CCCCCCCCCCCCN(CCCCCCCCCCCC)C(=S)[S-].[Fe+2]. The van der Waals surface area contributed by atoms with Crippen LogP contribution < -0.4 is 0 Å². The normalized spacial score (nSPS) is 10.9. The molecule has 0 saturated carbocycles. The predicted molar refractivity (Wildman–Crippen MR) is 270 cm³/mol. The van der Waals surface area contributed by atoms with Crippen LogP contribution in [0.2, 0.25) is 0 Å². The summed E-state index contributed by atoms with van der Waals surface area (Å²) < 4.78 is 1.37. The fourth-order valence-corrected chi connectivity index (χ4v) is 8.48. The van der Waals surface area contributed by atoms with E-state index in [1.165, 1.54) is 257 Å². The molecule has 0 N–H and O–H groups in total. The van der Waals surface area contributed by atoms with Crippen molar-refractivity contribution in [2.45, 2.75) is 285 Å². The fourth-order valence-electron chi connectivity index (χ4n) is 7.75. The van der Waals surface area contributed by atoms with Crippen LogP contribution in [0.4, 0.5) is 0 Å². The zero-order chi connectivity index (χ0) is 41.4. The molecule has 0 radical (unpaired) electrons. The van der Waals surface area contributed by atoms with Crippen molar-refractivity contribution in [2.75, 3.05) is 26.2 Å². The third kappa shape index (κ3) is 52.8. The first-order chi connectivity index (χ1) is 27.4. The molecule has 0 rings (SSSR count). The van der Waals surface area contributed by atoms with Gasteiger partial charge in [-0.2, -0.15) is 0 Å². The quantitative estimate of drug-likeness (QED) is 0.0258. The fraction of sp³-hybridized carbons (Fsp3) is 0.960. The second kappa shape index (κ2) is 54.8. The van der Waals surface area contributed by atoms with E-state index in [2.05, 4.69) is 37.5 Å². The third-order valence-electron chi connectivity index (χ3n) is 11.6. The van der Waals surface area contributed by atoms with E-state index in [1.54, 1.807) is 0 Å². The van der Waals surface area contributed by atoms with Crippen molar-refractivity contribution in [2.24, 2.45) is 0 Å². The summed E-state index contributed by atoms with van der Waals surface area (Å²) in [4.78, 5) is 4.56. The molecule has 0 atom stereocenters. The molecule has 0 aliphatic carbocycles. The summed E-state index contributed by atoms with van der Waals surface area (Å²) >= 11 is 21.2. The van der Waals surface area contributed by atoms with Gasteiger partial charge in [0.25, 0.3) is 0 Å². The number of unbranched alkanes of at least 4 members (excludes halogenated alkanes) is 36. The van der Waals surface area contributed by atoms with E-state index in [0.29, 0.717) is 8.64 Å². The first-order valence-corrected chi connectivity index (χ1v) is 27.0. The minimum Gasteiger partial charge on any atom is -0.411 e. The zero-order valence-corrected chi connectivity index (χ0v) is 43.4. The average Bonchev–Trinajstić information content (AvgIpc) is 3.19. The summed E-state index contributed by atoms with van der Waals surface area (Å²) in [5.41, 5.74) is 0. The zero-order valence-electron chi connectivity index (χ0n) is 39.0. The molecule has 0 fully saturated rings. The summed E-state index contributed by atoms with van der Waals surface area (Å²) in [5, 5.41) is 0. The molecule has 0 aromatic heterocycles. The van der Waals surface area contributed by atoms with Crippen LogP contribution in [-0.2, 0) is 42.3 Å². The van der Waals surface area contributed by atoms with Crippen molar-refractivity contribution >= 4 is 58.3 Å². The monoisotopic (exact) mass is 913 g/mol. The molecule has 0 spiro atoms. The van der Waals surface area contributed by atoms with Gasteiger partial charge in [0.05, 0.1) is 0 Å². The molecule has 342 valence electrons. The standard InChI is InChI=1S/2C25H51NS2.Fe/c2*1-3-5-7-9-11-13-15-17-19-21-23-26(25(27)28)24-22-20-18-16-14-12-10-8-6-4-2;/h2*3-24H2,1-2H3,(H,27,28);/q;;+2/p-2. The molecule has 0 saturated heterocycles. The second-order valence-electron chi connectivity index (χ2n) is 17.2. The van der Waals surface area contributed by atoms with Crippen molar-refractivity contribution < 1.29 is 17.1 Å². The summed E-state index contributed by atoms with van der Waals surface area (Å²) in [6.45, 7) is 13.5. The number of hydrogen-bond acceptors (Lipinski definition) is 4. The summed E-state index contributed by atoms with van der Waals surface area (Å²) in [6.07, 6.45) is 55.4. The smallest absolute Gasteiger partial charge is 0.411 e. The van der Waals surface area contributed by atoms with Crippen LogP contribution >= 0.6 is 24.4 Å². The van der Waals surface area contributed by atoms with E-state index in [-0.39, 0.29) is 17.1 Å². The van der Waals surface area contributed by atoms with Gasteiger partial charge in [-0.15, -0.1) is 0 Å². The molecule has 0 bridgehead atoms. The van der Waals surface area contributed by atoms with Gasteiger partial charge < -0.3 is 59.5 Å². The minimum absolute atomic E-state index is 0. The Labute approximate surface area is 393 Å². The molecular formula is C50H100FeN2S4. The maximum Gasteiger partial charge on any atom is 2.00 e. The van der Waals surface area contributed by atoms with Crippen molar-refractivity contribution in [1.82, 2.24) is 9.80 Å². The van der Waals surface area contributed by atoms with Gasteiger partial charge in [0.2, 0.25) is 0 Å². The topological polar surface area (TPSA) is 6.48 Å². The van der Waals surface area contributed by atoms with Gasteiger partial charge >= 0.3 is 17.1 Å². The predicted octanol–water partition coefficient (Wildman–Crippen LogP) is 17.9. The molecule has 2 nitrogen and oxygen atoms in total. The van der Waals surface area contributed by atoms with Crippen LogP contribution in [0, 0.1) is 0 Å². The average molecular weight is 913 g/mol. The molecule has 0 amide bonds. The Morgan fingerprint density at radius 2 is 0.386 bits per heavy atom. The van der Waals surface area contributed by atoms with Crippen LogP contribution in [-0.4, -0.2) is 44.6 Å². The van der Waals surface area contributed by atoms with Gasteiger partial charge in [0.1, 0.15) is 0 Å². The van der Waals surface area contributed by atoms with E-state index in [4.69, 9.17) is 49.7 Å². The summed E-state index contributed by atoms with van der Waals surface area (Å²) in [7, 11) is 0. The maximum absolute atomic E-state index is 5.30. The summed E-state index contributed by atoms with van der Waals surface area (Å²) in [5.74, 6) is 0. The number of nitrogens with zero attached hydrogens (tertiary/aromatic N) is 2. The summed E-state index contributed by atoms with van der Waals surface area (Å²) in [6, 6.07) is 0. The molecule has 0 aliphatic heterocycles. The van der Waals surface area contributed by atoms with E-state index in [0.717, 1.165) is 26.2 Å². The van der Waals surface area contributed by atoms with E-state index >= 15 is 0 Å². The van der Waals surface area contributed by atoms with Gasteiger partial charge in [-0.3, -0.25) is 0 Å². The largest absolute Gasteiger partial charge is 2.00 e. The first-order valence-electron chi connectivity index (χ1n) is 25.4. The Balaban J connectivity index is -0.00000101. The van der Waals surface area contributed by atoms with Gasteiger partial charge in [-0.25, -0.2) is 0 Å². The molecule has 0 heterocycles. The molecule has 0 aliphatic rings. The van der Waals surface area contributed by atoms with Gasteiger partial charge in [-0.05, 0) is 25.7 Å². The van der Waals surface area contributed by atoms with Crippen LogP contribution in [0.5, 0.6) is 0 Å². The number of rotatable bonds is 44. The van der Waals surface area contributed by atoms with E-state index in [1.807, 2.05) is 0 Å². The number of thiocarbonyl (C=S) groups is 2. The van der Waals surface area contributed by atoms with Crippen molar-refractivity contribution in [3.63, 3.8) is 0 Å². The minimum atomic E-state index is 0. The van der Waals surface area contributed by atoms with E-state index in [9.17, 15) is 0 Å². The van der Waals surface area contributed by atoms with Crippen LogP contribution in [0.25, 0.3) is 0 Å². The van der Waals surface area contributed by atoms with Crippen LogP contribution in [0.15, 0.2) is 0 Å². The van der Waals surface area contributed by atoms with Crippen molar-refractivity contribution in [3.8, 4) is 0 Å². The Bertz CT molecular complexity index is 661. The first kappa shape index (κ1) is 62.0. The second-order valence-corrected chi connectivity index (χ2v) is 19.3. The molecular weight excluding hydrogens is 813 g/mol. The van der Waals surface area contributed by atoms with Crippen molar-refractivity contribution in [3.05, 3.63) is 0 Å². The molecule has 0 unspecified atom stereocenters. The third-order valence-corrected chi connectivity index (χ3v) is 12.7. The van der Waals surface area contributed by atoms with Crippen molar-refractivity contribution in [1.29, 1.82) is 0 Å². The Kier molecular flexibility index (Phi) is 59.6. The number of hydrogen-bond donors (Lipinski definition) is 0. The Morgan fingerprint density at radius 3 is 0.509 bits per heavy atom. The van der Waals surface area contributed by atoms with Crippen LogP contribution in [0.3, 0.4) is 0 Å². The Hall–Kier alpha value is 0.739. The molecule has 0 aromatic rings. The van der Waals surface area contributed by atoms with Gasteiger partial charge in [0, 0.05) is 26.2 Å². The van der Waals surface area contributed by atoms with Crippen LogP contribution in [0.1, 0.15) is 285 Å². The van der Waals surface area contributed by atoms with Gasteiger partial charge in [-0.1, -0.05) is 267 Å². The molecule has 7 heteroatoms. The van der Waals surface area contributed by atoms with E-state index < -0.39 is 0 Å². The molecule has 0 aromatic carbocycles.